The highest BCUT2D eigenvalue weighted by Crippen LogP contribution is 2.04. The minimum absolute atomic E-state index is 0.0496. The number of hydrogen-bond donors (Lipinski definition) is 0. The average Bonchev–Trinajstić information content (AvgIpc) is 2.31. The molecule has 0 saturated carbocycles. The molecule has 17 heavy (non-hydrogen) atoms. The van der Waals surface area contributed by atoms with Gasteiger partial charge in [-0.25, -0.2) is 0 Å². The molecular weight excluding hydrogens is 216 g/mol. The van der Waals surface area contributed by atoms with E-state index in [1.165, 1.54) is 10.6 Å². The van der Waals surface area contributed by atoms with Crippen molar-refractivity contribution < 1.29 is 4.79 Å². The van der Waals surface area contributed by atoms with Gasteiger partial charge in [0, 0.05) is 38.0 Å². The zero-order chi connectivity index (χ0) is 12.8. The maximum atomic E-state index is 12.2. The van der Waals surface area contributed by atoms with Crippen LogP contribution >= 0.6 is 0 Å². The van der Waals surface area contributed by atoms with E-state index in [-0.39, 0.29) is 11.5 Å². The Morgan fingerprint density at radius 2 is 1.88 bits per heavy atom. The van der Waals surface area contributed by atoms with Crippen LogP contribution in [0, 0.1) is 0 Å². The Labute approximate surface area is 102 Å². The van der Waals surface area contributed by atoms with E-state index in [2.05, 4.69) is 0 Å². The molecular formula is C13H20N2O2. The van der Waals surface area contributed by atoms with Gasteiger partial charge in [-0.3, -0.25) is 9.59 Å². The minimum Gasteiger partial charge on any atom is -0.339 e. The molecule has 0 aliphatic heterocycles. The third-order valence-electron chi connectivity index (χ3n) is 2.63. The van der Waals surface area contributed by atoms with Crippen LogP contribution in [-0.2, 0) is 7.05 Å². The second-order valence-corrected chi connectivity index (χ2v) is 4.16. The van der Waals surface area contributed by atoms with Crippen LogP contribution in [0.4, 0.5) is 0 Å². The van der Waals surface area contributed by atoms with Crippen molar-refractivity contribution in [3.8, 4) is 0 Å². The molecule has 0 aromatic carbocycles. The monoisotopic (exact) mass is 236 g/mol. The Morgan fingerprint density at radius 1 is 1.29 bits per heavy atom. The number of carbonyl (C=O) groups excluding carboxylic acids is 1. The van der Waals surface area contributed by atoms with E-state index in [4.69, 9.17) is 0 Å². The number of hydrogen-bond acceptors (Lipinski definition) is 2. The summed E-state index contributed by atoms with van der Waals surface area (Å²) in [6, 6.07) is 3.10. The van der Waals surface area contributed by atoms with Gasteiger partial charge < -0.3 is 9.47 Å². The zero-order valence-corrected chi connectivity index (χ0v) is 10.8. The van der Waals surface area contributed by atoms with Gasteiger partial charge in [-0.15, -0.1) is 0 Å². The zero-order valence-electron chi connectivity index (χ0n) is 10.8. The van der Waals surface area contributed by atoms with E-state index in [1.807, 2.05) is 13.8 Å². The molecule has 94 valence electrons. The van der Waals surface area contributed by atoms with Gasteiger partial charge in [0.2, 0.25) is 0 Å². The van der Waals surface area contributed by atoms with Gasteiger partial charge in [0.05, 0.1) is 0 Å². The molecule has 0 atom stereocenters. The molecule has 4 heteroatoms. The molecule has 1 aromatic rings. The molecule has 1 aromatic heterocycles. The van der Waals surface area contributed by atoms with E-state index in [0.717, 1.165) is 25.9 Å². The highest BCUT2D eigenvalue weighted by molar-refractivity contribution is 5.94. The van der Waals surface area contributed by atoms with Gasteiger partial charge in [0.25, 0.3) is 11.5 Å². The molecule has 1 rings (SSSR count). The van der Waals surface area contributed by atoms with Crippen molar-refractivity contribution in [1.29, 1.82) is 0 Å². The fourth-order valence-corrected chi connectivity index (χ4v) is 1.72. The third kappa shape index (κ3) is 3.44. The van der Waals surface area contributed by atoms with E-state index in [1.54, 1.807) is 24.2 Å². The quantitative estimate of drug-likeness (QED) is 0.780. The minimum atomic E-state index is -0.149. The van der Waals surface area contributed by atoms with Gasteiger partial charge in [0.15, 0.2) is 0 Å². The van der Waals surface area contributed by atoms with Crippen molar-refractivity contribution in [3.63, 3.8) is 0 Å². The second kappa shape index (κ2) is 6.23. The maximum Gasteiger partial charge on any atom is 0.254 e. The molecule has 1 amide bonds. The first-order chi connectivity index (χ1) is 8.10. The number of amides is 1. The van der Waals surface area contributed by atoms with Crippen LogP contribution in [0.2, 0.25) is 0 Å². The molecule has 0 aliphatic rings. The normalized spacial score (nSPS) is 10.3. The van der Waals surface area contributed by atoms with E-state index >= 15 is 0 Å². The second-order valence-electron chi connectivity index (χ2n) is 4.16. The average molecular weight is 236 g/mol. The fourth-order valence-electron chi connectivity index (χ4n) is 1.72. The van der Waals surface area contributed by atoms with Crippen LogP contribution < -0.4 is 5.56 Å². The Morgan fingerprint density at radius 3 is 2.35 bits per heavy atom. The fraction of sp³-hybridized carbons (Fsp3) is 0.538. The topological polar surface area (TPSA) is 42.3 Å². The van der Waals surface area contributed by atoms with Crippen LogP contribution in [0.1, 0.15) is 37.0 Å². The molecule has 0 unspecified atom stereocenters. The van der Waals surface area contributed by atoms with E-state index < -0.39 is 0 Å². The summed E-state index contributed by atoms with van der Waals surface area (Å²) in [4.78, 5) is 25.4. The number of aryl methyl sites for hydroxylation is 1. The largest absolute Gasteiger partial charge is 0.339 e. The Hall–Kier alpha value is -1.58. The van der Waals surface area contributed by atoms with Crippen molar-refractivity contribution in [1.82, 2.24) is 9.47 Å². The third-order valence-corrected chi connectivity index (χ3v) is 2.63. The van der Waals surface area contributed by atoms with Crippen LogP contribution in [-0.4, -0.2) is 28.5 Å². The lowest BCUT2D eigenvalue weighted by atomic mass is 10.2. The summed E-state index contributed by atoms with van der Waals surface area (Å²) in [5.74, 6) is -0.0496. The molecule has 0 radical (unpaired) electrons. The number of carbonyl (C=O) groups is 1. The molecule has 4 nitrogen and oxygen atoms in total. The van der Waals surface area contributed by atoms with Crippen molar-refractivity contribution in [2.75, 3.05) is 13.1 Å². The van der Waals surface area contributed by atoms with Crippen LogP contribution in [0.3, 0.4) is 0 Å². The number of pyridine rings is 1. The van der Waals surface area contributed by atoms with Crippen molar-refractivity contribution in [2.24, 2.45) is 7.05 Å². The standard InChI is InChI=1S/C13H20N2O2/c1-4-7-15(8-5-2)13(17)11-6-9-14(3)12(16)10-11/h6,9-10H,4-5,7-8H2,1-3H3. The van der Waals surface area contributed by atoms with Crippen LogP contribution in [0.5, 0.6) is 0 Å². The number of rotatable bonds is 5. The molecule has 1 heterocycles. The number of nitrogens with zero attached hydrogens (tertiary/aromatic N) is 2. The Kier molecular flexibility index (Phi) is 4.94. The van der Waals surface area contributed by atoms with Gasteiger partial charge in [-0.1, -0.05) is 13.8 Å². The van der Waals surface area contributed by atoms with Crippen molar-refractivity contribution in [2.45, 2.75) is 26.7 Å². The first-order valence-corrected chi connectivity index (χ1v) is 6.06. The van der Waals surface area contributed by atoms with Gasteiger partial charge >= 0.3 is 0 Å². The molecule has 0 aliphatic carbocycles. The summed E-state index contributed by atoms with van der Waals surface area (Å²) in [5, 5.41) is 0. The summed E-state index contributed by atoms with van der Waals surface area (Å²) >= 11 is 0. The number of aromatic nitrogens is 1. The predicted molar refractivity (Wildman–Crippen MR) is 68.2 cm³/mol. The molecule has 0 bridgehead atoms. The summed E-state index contributed by atoms with van der Waals surface area (Å²) < 4.78 is 1.46. The predicted octanol–water partition coefficient (Wildman–Crippen LogP) is 1.65. The summed E-state index contributed by atoms with van der Waals surface area (Å²) in [6.45, 7) is 5.56. The first-order valence-electron chi connectivity index (χ1n) is 6.06. The summed E-state index contributed by atoms with van der Waals surface area (Å²) in [5.41, 5.74) is 0.332. The molecule has 0 spiro atoms. The highest BCUT2D eigenvalue weighted by Gasteiger charge is 2.14. The lowest BCUT2D eigenvalue weighted by Gasteiger charge is -2.21. The summed E-state index contributed by atoms with van der Waals surface area (Å²) in [6.07, 6.45) is 3.48. The first kappa shape index (κ1) is 13.5. The van der Waals surface area contributed by atoms with Gasteiger partial charge in [-0.05, 0) is 18.9 Å². The van der Waals surface area contributed by atoms with Crippen LogP contribution in [0.25, 0.3) is 0 Å². The maximum absolute atomic E-state index is 12.2. The van der Waals surface area contributed by atoms with Crippen molar-refractivity contribution in [3.05, 3.63) is 34.2 Å². The Bertz CT molecular complexity index is 431. The highest BCUT2D eigenvalue weighted by atomic mass is 16.2. The summed E-state index contributed by atoms with van der Waals surface area (Å²) in [7, 11) is 1.67. The lowest BCUT2D eigenvalue weighted by Crippen LogP contribution is -2.33. The van der Waals surface area contributed by atoms with E-state index in [0.29, 0.717) is 5.56 Å². The van der Waals surface area contributed by atoms with Crippen LogP contribution in [0.15, 0.2) is 23.1 Å². The SMILES string of the molecule is CCCN(CCC)C(=O)c1ccn(C)c(=O)c1. The molecule has 0 fully saturated rings. The van der Waals surface area contributed by atoms with Gasteiger partial charge in [-0.2, -0.15) is 0 Å². The lowest BCUT2D eigenvalue weighted by molar-refractivity contribution is 0.0755. The molecule has 0 N–H and O–H groups in total. The van der Waals surface area contributed by atoms with Crippen molar-refractivity contribution >= 4 is 5.91 Å². The Balaban J connectivity index is 2.92. The van der Waals surface area contributed by atoms with E-state index in [9.17, 15) is 9.59 Å². The molecule has 0 saturated heterocycles. The smallest absolute Gasteiger partial charge is 0.254 e. The van der Waals surface area contributed by atoms with Gasteiger partial charge in [0.1, 0.15) is 0 Å².